The van der Waals surface area contributed by atoms with Crippen molar-refractivity contribution in [2.45, 2.75) is 40.0 Å². The second-order valence-electron chi connectivity index (χ2n) is 6.83. The molecule has 0 unspecified atom stereocenters. The molecule has 0 atom stereocenters. The van der Waals surface area contributed by atoms with Gasteiger partial charge in [-0.3, -0.25) is 0 Å². The normalized spacial score (nSPS) is 12.1. The van der Waals surface area contributed by atoms with Crippen LogP contribution in [0.4, 0.5) is 0 Å². The van der Waals surface area contributed by atoms with Crippen molar-refractivity contribution < 1.29 is 13.3 Å². The van der Waals surface area contributed by atoms with Crippen LogP contribution in [0.25, 0.3) is 21.5 Å². The van der Waals surface area contributed by atoms with Crippen LogP contribution in [0.15, 0.2) is 54.6 Å². The second kappa shape index (κ2) is 9.47. The molecule has 3 aromatic carbocycles. The van der Waals surface area contributed by atoms with Gasteiger partial charge in [-0.25, -0.2) is 0 Å². The first-order valence-electron chi connectivity index (χ1n) is 10.1. The molecule has 0 spiro atoms. The lowest BCUT2D eigenvalue weighted by Crippen LogP contribution is -2.57. The molecule has 0 saturated carbocycles. The molecule has 0 aliphatic carbocycles. The van der Waals surface area contributed by atoms with Crippen molar-refractivity contribution in [3.8, 4) is 0 Å². The van der Waals surface area contributed by atoms with Crippen molar-refractivity contribution in [1.82, 2.24) is 0 Å². The summed E-state index contributed by atoms with van der Waals surface area (Å²) in [5.74, 6) is 0. The summed E-state index contributed by atoms with van der Waals surface area (Å²) in [5, 5.41) is 5.92. The molecule has 0 amide bonds. The molecule has 0 aromatic heterocycles. The van der Waals surface area contributed by atoms with E-state index in [0.717, 1.165) is 24.4 Å². The van der Waals surface area contributed by atoms with E-state index in [9.17, 15) is 0 Å². The quantitative estimate of drug-likeness (QED) is 0.346. The zero-order valence-corrected chi connectivity index (χ0v) is 17.7. The first-order valence-corrected chi connectivity index (χ1v) is 11.8. The van der Waals surface area contributed by atoms with Crippen molar-refractivity contribution in [2.24, 2.45) is 0 Å². The highest BCUT2D eigenvalue weighted by atomic mass is 28.4. The molecule has 0 aliphatic rings. The molecule has 0 aliphatic heterocycles. The van der Waals surface area contributed by atoms with E-state index in [-0.39, 0.29) is 0 Å². The largest absolute Gasteiger partial charge is 0.537 e. The van der Waals surface area contributed by atoms with E-state index in [2.05, 4.69) is 75.4 Å². The number of benzene rings is 3. The Morgan fingerprint density at radius 2 is 1.15 bits per heavy atom. The van der Waals surface area contributed by atoms with E-state index < -0.39 is 8.80 Å². The Balaban J connectivity index is 2.18. The molecule has 0 heterocycles. The predicted octanol–water partition coefficient (Wildman–Crippen LogP) is 5.42. The minimum atomic E-state index is -2.99. The van der Waals surface area contributed by atoms with Gasteiger partial charge in [-0.2, -0.15) is 0 Å². The van der Waals surface area contributed by atoms with Gasteiger partial charge >= 0.3 is 8.80 Å². The average Bonchev–Trinajstić information content (AvgIpc) is 2.71. The molecule has 27 heavy (non-hydrogen) atoms. The van der Waals surface area contributed by atoms with Crippen LogP contribution in [0.2, 0.25) is 0 Å². The Morgan fingerprint density at radius 3 is 1.70 bits per heavy atom. The van der Waals surface area contributed by atoms with E-state index >= 15 is 0 Å². The van der Waals surface area contributed by atoms with Gasteiger partial charge in [-0.05, 0) is 52.9 Å². The van der Waals surface area contributed by atoms with Gasteiger partial charge in [0, 0.05) is 25.0 Å². The van der Waals surface area contributed by atoms with Crippen LogP contribution in [-0.4, -0.2) is 28.6 Å². The van der Waals surface area contributed by atoms with Gasteiger partial charge in [0.1, 0.15) is 0 Å². The van der Waals surface area contributed by atoms with Crippen LogP contribution >= 0.6 is 0 Å². The third-order valence-electron chi connectivity index (χ3n) is 4.57. The van der Waals surface area contributed by atoms with Gasteiger partial charge in [0.25, 0.3) is 0 Å². The Hall–Kier alpha value is -1.72. The molecular weight excluding hydrogens is 352 g/mol. The lowest BCUT2D eigenvalue weighted by Gasteiger charge is -2.30. The highest BCUT2D eigenvalue weighted by molar-refractivity contribution is 6.77. The van der Waals surface area contributed by atoms with Crippen molar-refractivity contribution in [3.05, 3.63) is 54.6 Å². The third-order valence-corrected chi connectivity index (χ3v) is 7.41. The molecule has 0 saturated heterocycles. The summed E-state index contributed by atoms with van der Waals surface area (Å²) >= 11 is 0. The fourth-order valence-corrected chi connectivity index (χ4v) is 6.28. The summed E-state index contributed by atoms with van der Waals surface area (Å²) in [6, 6.07) is 19.3. The van der Waals surface area contributed by atoms with Crippen LogP contribution < -0.4 is 5.19 Å². The van der Waals surface area contributed by atoms with Crippen molar-refractivity contribution in [1.29, 1.82) is 0 Å². The SMILES string of the molecule is CCCO[Si](OCCC)(OCCC)c1cccc2cc3ccccc3cc12. The summed E-state index contributed by atoms with van der Waals surface area (Å²) in [6.45, 7) is 8.29. The number of hydrogen-bond donors (Lipinski definition) is 0. The molecule has 0 fully saturated rings. The third kappa shape index (κ3) is 4.41. The van der Waals surface area contributed by atoms with E-state index in [1.807, 2.05) is 0 Å². The Bertz CT molecular complexity index is 856. The summed E-state index contributed by atoms with van der Waals surface area (Å²) in [7, 11) is -2.99. The Labute approximate surface area is 163 Å². The fourth-order valence-electron chi connectivity index (χ4n) is 3.30. The Kier molecular flexibility index (Phi) is 7.02. The van der Waals surface area contributed by atoms with E-state index in [1.165, 1.54) is 21.5 Å². The van der Waals surface area contributed by atoms with Crippen molar-refractivity contribution in [2.75, 3.05) is 19.8 Å². The minimum absolute atomic E-state index is 0.642. The predicted molar refractivity (Wildman–Crippen MR) is 116 cm³/mol. The number of fused-ring (bicyclic) bond motifs is 2. The molecule has 3 aromatic rings. The zero-order chi connectivity index (χ0) is 19.1. The summed E-state index contributed by atoms with van der Waals surface area (Å²) in [5.41, 5.74) is 0. The highest BCUT2D eigenvalue weighted by Gasteiger charge is 2.45. The standard InChI is InChI=1S/C23H30O3Si/c1-4-14-24-27(25-15-5-2,26-16-6-3)23-13-9-12-21-17-19-10-7-8-11-20(19)18-22(21)23/h7-13,17-18H,4-6,14-16H2,1-3H3. The molecule has 144 valence electrons. The van der Waals surface area contributed by atoms with Crippen LogP contribution in [0.3, 0.4) is 0 Å². The number of hydrogen-bond acceptors (Lipinski definition) is 3. The summed E-state index contributed by atoms with van der Waals surface area (Å²) < 4.78 is 19.2. The molecule has 0 N–H and O–H groups in total. The van der Waals surface area contributed by atoms with Crippen molar-refractivity contribution >= 4 is 35.5 Å². The summed E-state index contributed by atoms with van der Waals surface area (Å²) in [4.78, 5) is 0. The topological polar surface area (TPSA) is 27.7 Å². The van der Waals surface area contributed by atoms with Gasteiger partial charge < -0.3 is 13.3 Å². The van der Waals surface area contributed by atoms with Gasteiger partial charge in [-0.1, -0.05) is 63.2 Å². The van der Waals surface area contributed by atoms with Gasteiger partial charge in [0.2, 0.25) is 0 Å². The molecule has 3 rings (SSSR count). The molecular formula is C23H30O3Si. The van der Waals surface area contributed by atoms with Crippen LogP contribution in [0.5, 0.6) is 0 Å². The lowest BCUT2D eigenvalue weighted by atomic mass is 10.0. The molecule has 4 heteroatoms. The van der Waals surface area contributed by atoms with E-state index in [4.69, 9.17) is 13.3 Å². The first kappa shape index (κ1) is 20.0. The maximum Gasteiger partial charge on any atom is 0.537 e. The van der Waals surface area contributed by atoms with E-state index in [1.54, 1.807) is 0 Å². The molecule has 0 radical (unpaired) electrons. The smallest absolute Gasteiger partial charge is 0.370 e. The van der Waals surface area contributed by atoms with Gasteiger partial charge in [-0.15, -0.1) is 0 Å². The van der Waals surface area contributed by atoms with Crippen LogP contribution in [0.1, 0.15) is 40.0 Å². The van der Waals surface area contributed by atoms with Crippen LogP contribution in [0, 0.1) is 0 Å². The fraction of sp³-hybridized carbons (Fsp3) is 0.391. The summed E-state index contributed by atoms with van der Waals surface area (Å²) in [6.07, 6.45) is 2.81. The van der Waals surface area contributed by atoms with Crippen LogP contribution in [-0.2, 0) is 13.3 Å². The van der Waals surface area contributed by atoms with Gasteiger partial charge in [0.15, 0.2) is 0 Å². The number of rotatable bonds is 10. The second-order valence-corrected chi connectivity index (χ2v) is 9.34. The average molecular weight is 383 g/mol. The minimum Gasteiger partial charge on any atom is -0.370 e. The Morgan fingerprint density at radius 1 is 0.630 bits per heavy atom. The van der Waals surface area contributed by atoms with E-state index in [0.29, 0.717) is 19.8 Å². The van der Waals surface area contributed by atoms with Gasteiger partial charge in [0.05, 0.1) is 0 Å². The zero-order valence-electron chi connectivity index (χ0n) is 16.7. The monoisotopic (exact) mass is 382 g/mol. The highest BCUT2D eigenvalue weighted by Crippen LogP contribution is 2.25. The first-order chi connectivity index (χ1) is 13.2. The molecule has 0 bridgehead atoms. The van der Waals surface area contributed by atoms with Crippen molar-refractivity contribution in [3.63, 3.8) is 0 Å². The maximum atomic E-state index is 6.38. The lowest BCUT2D eigenvalue weighted by molar-refractivity contribution is 0.0734. The molecule has 3 nitrogen and oxygen atoms in total. The maximum absolute atomic E-state index is 6.38.